The molecule has 2 aliphatic rings. The monoisotopic (exact) mass is 474 g/mol. The van der Waals surface area contributed by atoms with Crippen LogP contribution in [0.4, 0.5) is 13.2 Å². The maximum Gasteiger partial charge on any atom is 0.421 e. The summed E-state index contributed by atoms with van der Waals surface area (Å²) in [5.74, 6) is -0.136. The molecule has 1 amide bonds. The van der Waals surface area contributed by atoms with Crippen molar-refractivity contribution in [1.82, 2.24) is 9.80 Å². The molecule has 1 N–H and O–H groups in total. The zero-order valence-electron chi connectivity index (χ0n) is 20.0. The molecule has 0 saturated heterocycles. The Morgan fingerprint density at radius 1 is 0.912 bits per heavy atom. The van der Waals surface area contributed by atoms with Crippen LogP contribution in [0.15, 0.2) is 54.6 Å². The minimum absolute atomic E-state index is 0.0686. The van der Waals surface area contributed by atoms with Crippen LogP contribution in [0.25, 0.3) is 0 Å². The van der Waals surface area contributed by atoms with Crippen molar-refractivity contribution in [3.63, 3.8) is 0 Å². The van der Waals surface area contributed by atoms with Crippen molar-refractivity contribution in [3.05, 3.63) is 71.3 Å². The second-order valence-corrected chi connectivity index (χ2v) is 10.1. The molecule has 184 valence electrons. The summed E-state index contributed by atoms with van der Waals surface area (Å²) in [5, 5.41) is 9.93. The predicted molar refractivity (Wildman–Crippen MR) is 125 cm³/mol. The fourth-order valence-corrected chi connectivity index (χ4v) is 5.33. The summed E-state index contributed by atoms with van der Waals surface area (Å²) in [6, 6.07) is 16.0. The van der Waals surface area contributed by atoms with Gasteiger partial charge in [0.1, 0.15) is 0 Å². The molecule has 0 unspecified atom stereocenters. The lowest BCUT2D eigenvalue weighted by atomic mass is 9.73. The molecule has 0 radical (unpaired) electrons. The summed E-state index contributed by atoms with van der Waals surface area (Å²) in [5.41, 5.74) is -1.65. The molecule has 2 aromatic rings. The van der Waals surface area contributed by atoms with Crippen LogP contribution in [0.2, 0.25) is 0 Å². The fraction of sp³-hybridized carbons (Fsp3) is 0.519. The highest BCUT2D eigenvalue weighted by Crippen LogP contribution is 2.44. The molecule has 0 heterocycles. The molecule has 0 aromatic heterocycles. The molecule has 1 atom stereocenters. The Labute approximate surface area is 199 Å². The summed E-state index contributed by atoms with van der Waals surface area (Å²) in [7, 11) is 4.21. The van der Waals surface area contributed by atoms with Gasteiger partial charge in [0.05, 0.1) is 0 Å². The number of aliphatic hydroxyl groups is 1. The molecule has 0 spiro atoms. The summed E-state index contributed by atoms with van der Waals surface area (Å²) < 4.78 is 39.5. The van der Waals surface area contributed by atoms with Crippen molar-refractivity contribution in [2.45, 2.75) is 74.8 Å². The van der Waals surface area contributed by atoms with E-state index in [0.717, 1.165) is 45.4 Å². The van der Waals surface area contributed by atoms with Gasteiger partial charge in [0.15, 0.2) is 5.60 Å². The van der Waals surface area contributed by atoms with Gasteiger partial charge in [-0.05, 0) is 82.8 Å². The number of nitrogens with zero attached hydrogens (tertiary/aromatic N) is 2. The van der Waals surface area contributed by atoms with Gasteiger partial charge in [-0.3, -0.25) is 9.69 Å². The first kappa shape index (κ1) is 24.7. The highest BCUT2D eigenvalue weighted by Gasteiger charge is 2.51. The van der Waals surface area contributed by atoms with Crippen molar-refractivity contribution in [2.75, 3.05) is 14.1 Å². The molecule has 2 aromatic carbocycles. The van der Waals surface area contributed by atoms with Gasteiger partial charge in [-0.25, -0.2) is 0 Å². The first-order valence-corrected chi connectivity index (χ1v) is 11.9. The topological polar surface area (TPSA) is 43.8 Å². The van der Waals surface area contributed by atoms with Crippen LogP contribution < -0.4 is 0 Å². The number of benzene rings is 2. The van der Waals surface area contributed by atoms with Gasteiger partial charge in [0.2, 0.25) is 0 Å². The average molecular weight is 475 g/mol. The molecular weight excluding hydrogens is 441 g/mol. The molecule has 2 fully saturated rings. The number of rotatable bonds is 6. The van der Waals surface area contributed by atoms with E-state index in [1.807, 2.05) is 11.0 Å². The molecule has 0 bridgehead atoms. The van der Waals surface area contributed by atoms with E-state index >= 15 is 0 Å². The Morgan fingerprint density at radius 3 is 1.91 bits per heavy atom. The van der Waals surface area contributed by atoms with E-state index in [1.165, 1.54) is 29.8 Å². The van der Waals surface area contributed by atoms with Gasteiger partial charge in [-0.1, -0.05) is 42.5 Å². The number of halogens is 3. The Balaban J connectivity index is 1.52. The first-order chi connectivity index (χ1) is 16.0. The van der Waals surface area contributed by atoms with E-state index in [2.05, 4.69) is 43.3 Å². The third-order valence-corrected chi connectivity index (χ3v) is 7.76. The van der Waals surface area contributed by atoms with Gasteiger partial charge in [0.25, 0.3) is 5.91 Å². The van der Waals surface area contributed by atoms with Gasteiger partial charge in [-0.2, -0.15) is 13.2 Å². The van der Waals surface area contributed by atoms with E-state index in [9.17, 15) is 23.1 Å². The second-order valence-electron chi connectivity index (χ2n) is 10.1. The standard InChI is InChI=1S/C27H33F3N2O2/c1-25(34,27(28,29)30)20-11-9-19(10-12-20)24(33)32(22-13-14-22)23-15-17-26(18-16-23,31(2)3)21-7-5-4-6-8-21/h4-12,22-23,34H,13-18H2,1-3H3/t23-,25-,26+/m0/s1. The van der Waals surface area contributed by atoms with Crippen molar-refractivity contribution < 1.29 is 23.1 Å². The zero-order valence-corrected chi connectivity index (χ0v) is 20.0. The molecule has 4 nitrogen and oxygen atoms in total. The van der Waals surface area contributed by atoms with Crippen LogP contribution >= 0.6 is 0 Å². The van der Waals surface area contributed by atoms with Gasteiger partial charge in [0, 0.05) is 23.2 Å². The number of carbonyl (C=O) groups is 1. The van der Waals surface area contributed by atoms with Gasteiger partial charge >= 0.3 is 6.18 Å². The van der Waals surface area contributed by atoms with E-state index < -0.39 is 11.8 Å². The lowest BCUT2D eigenvalue weighted by molar-refractivity contribution is -0.258. The lowest BCUT2D eigenvalue weighted by Gasteiger charge is -2.48. The molecule has 2 aliphatic carbocycles. The third kappa shape index (κ3) is 4.48. The van der Waals surface area contributed by atoms with E-state index in [4.69, 9.17) is 0 Å². The average Bonchev–Trinajstić information content (AvgIpc) is 3.64. The smallest absolute Gasteiger partial charge is 0.376 e. The van der Waals surface area contributed by atoms with Crippen LogP contribution in [0.3, 0.4) is 0 Å². The van der Waals surface area contributed by atoms with E-state index in [-0.39, 0.29) is 29.1 Å². The summed E-state index contributed by atoms with van der Waals surface area (Å²) in [4.78, 5) is 17.7. The second kappa shape index (κ2) is 9.00. The SMILES string of the molecule is CN(C)[C@]1(c2ccccc2)CC[C@H](N(C(=O)c2ccc([C@](C)(O)C(F)(F)F)cc2)C2CC2)CC1. The van der Waals surface area contributed by atoms with Crippen LogP contribution in [-0.4, -0.2) is 53.2 Å². The molecule has 2 saturated carbocycles. The lowest BCUT2D eigenvalue weighted by Crippen LogP contribution is -2.50. The number of carbonyl (C=O) groups excluding carboxylic acids is 1. The molecular formula is C27H33F3N2O2. The van der Waals surface area contributed by atoms with E-state index in [1.54, 1.807) is 0 Å². The van der Waals surface area contributed by atoms with Crippen molar-refractivity contribution in [1.29, 1.82) is 0 Å². The van der Waals surface area contributed by atoms with Crippen LogP contribution in [0.5, 0.6) is 0 Å². The molecule has 0 aliphatic heterocycles. The number of amides is 1. The van der Waals surface area contributed by atoms with Crippen LogP contribution in [0.1, 0.15) is 66.9 Å². The Morgan fingerprint density at radius 2 is 1.44 bits per heavy atom. The Kier molecular flexibility index (Phi) is 6.55. The highest BCUT2D eigenvalue weighted by molar-refractivity contribution is 5.95. The predicted octanol–water partition coefficient (Wildman–Crippen LogP) is 5.46. The molecule has 4 rings (SSSR count). The van der Waals surface area contributed by atoms with E-state index in [0.29, 0.717) is 5.56 Å². The third-order valence-electron chi connectivity index (χ3n) is 7.76. The normalized spacial score (nSPS) is 25.1. The summed E-state index contributed by atoms with van der Waals surface area (Å²) >= 11 is 0. The van der Waals surface area contributed by atoms with Gasteiger partial charge in [-0.15, -0.1) is 0 Å². The maximum absolute atomic E-state index is 13.5. The number of hydrogen-bond acceptors (Lipinski definition) is 3. The Hall–Kier alpha value is -2.38. The minimum atomic E-state index is -4.79. The van der Waals surface area contributed by atoms with Crippen LogP contribution in [0, 0.1) is 0 Å². The number of alkyl halides is 3. The Bertz CT molecular complexity index is 991. The van der Waals surface area contributed by atoms with Crippen molar-refractivity contribution in [2.24, 2.45) is 0 Å². The largest absolute Gasteiger partial charge is 0.421 e. The molecule has 7 heteroatoms. The van der Waals surface area contributed by atoms with Gasteiger partial charge < -0.3 is 10.0 Å². The quantitative estimate of drug-likeness (QED) is 0.605. The fourth-order valence-electron chi connectivity index (χ4n) is 5.33. The highest BCUT2D eigenvalue weighted by atomic mass is 19.4. The maximum atomic E-state index is 13.5. The zero-order chi connectivity index (χ0) is 24.7. The van der Waals surface area contributed by atoms with Crippen molar-refractivity contribution >= 4 is 5.91 Å². The van der Waals surface area contributed by atoms with Crippen LogP contribution in [-0.2, 0) is 11.1 Å². The molecule has 34 heavy (non-hydrogen) atoms. The summed E-state index contributed by atoms with van der Waals surface area (Å²) in [6.45, 7) is 0.728. The number of hydrogen-bond donors (Lipinski definition) is 1. The van der Waals surface area contributed by atoms with Crippen molar-refractivity contribution in [3.8, 4) is 0 Å². The minimum Gasteiger partial charge on any atom is -0.376 e. The summed E-state index contributed by atoms with van der Waals surface area (Å²) in [6.07, 6.45) is 0.725. The first-order valence-electron chi connectivity index (χ1n) is 11.9.